The maximum absolute atomic E-state index is 14.4. The lowest BCUT2D eigenvalue weighted by atomic mass is 10.1. The summed E-state index contributed by atoms with van der Waals surface area (Å²) in [5.41, 5.74) is 2.71. The van der Waals surface area contributed by atoms with Crippen LogP contribution in [0.25, 0.3) is 0 Å². The van der Waals surface area contributed by atoms with Crippen LogP contribution in [0.15, 0.2) is 36.4 Å². The highest BCUT2D eigenvalue weighted by atomic mass is 35.5. The Labute approximate surface area is 175 Å². The molecular weight excluding hydrogens is 426 g/mol. The quantitative estimate of drug-likeness (QED) is 0.760. The number of hydrogen-bond donors (Lipinski definition) is 2. The molecule has 0 aliphatic carbocycles. The zero-order valence-corrected chi connectivity index (χ0v) is 17.4. The fourth-order valence-corrected chi connectivity index (χ4v) is 4.96. The lowest BCUT2D eigenvalue weighted by molar-refractivity contribution is 0.565. The van der Waals surface area contributed by atoms with Crippen molar-refractivity contribution in [3.8, 4) is 0 Å². The molecule has 0 amide bonds. The van der Waals surface area contributed by atoms with E-state index in [1.165, 1.54) is 10.4 Å². The minimum atomic E-state index is -3.77. The number of nitrogens with zero attached hydrogens (tertiary/aromatic N) is 2. The monoisotopic (exact) mass is 446 g/mol. The Hall–Kier alpha value is -1.58. The first-order chi connectivity index (χ1) is 13.0. The number of benzene rings is 2. The first kappa shape index (κ1) is 21.1. The van der Waals surface area contributed by atoms with Crippen molar-refractivity contribution in [2.24, 2.45) is 0 Å². The Bertz CT molecular complexity index is 968. The van der Waals surface area contributed by atoms with Crippen LogP contribution in [0.4, 0.5) is 15.8 Å². The fraction of sp³-hybridized carbons (Fsp3) is 0.333. The van der Waals surface area contributed by atoms with Crippen LogP contribution in [0, 0.1) is 5.82 Å². The van der Waals surface area contributed by atoms with Gasteiger partial charge in [-0.2, -0.15) is 13.1 Å². The Morgan fingerprint density at radius 2 is 1.75 bits per heavy atom. The van der Waals surface area contributed by atoms with E-state index in [9.17, 15) is 12.8 Å². The van der Waals surface area contributed by atoms with Crippen molar-refractivity contribution in [1.82, 2.24) is 10.0 Å². The maximum Gasteiger partial charge on any atom is 0.302 e. The van der Waals surface area contributed by atoms with Gasteiger partial charge in [-0.25, -0.2) is 4.39 Å². The smallest absolute Gasteiger partial charge is 0.302 e. The highest BCUT2D eigenvalue weighted by Gasteiger charge is 2.32. The van der Waals surface area contributed by atoms with Gasteiger partial charge in [-0.05, 0) is 18.2 Å². The van der Waals surface area contributed by atoms with E-state index in [1.807, 2.05) is 12.1 Å². The molecule has 2 aliphatic heterocycles. The van der Waals surface area contributed by atoms with Crippen molar-refractivity contribution in [3.63, 3.8) is 0 Å². The van der Waals surface area contributed by atoms with Gasteiger partial charge in [0.1, 0.15) is 5.82 Å². The molecule has 6 nitrogen and oxygen atoms in total. The molecular formula is C18H21Cl2FN4O2S. The van der Waals surface area contributed by atoms with Gasteiger partial charge in [0.25, 0.3) is 0 Å². The molecule has 2 N–H and O–H groups in total. The predicted molar refractivity (Wildman–Crippen MR) is 112 cm³/mol. The van der Waals surface area contributed by atoms with Gasteiger partial charge < -0.3 is 10.2 Å². The Morgan fingerprint density at radius 1 is 1.07 bits per heavy atom. The van der Waals surface area contributed by atoms with Crippen molar-refractivity contribution >= 4 is 45.6 Å². The highest BCUT2D eigenvalue weighted by molar-refractivity contribution is 7.90. The van der Waals surface area contributed by atoms with Crippen LogP contribution >= 0.6 is 24.0 Å². The topological polar surface area (TPSA) is 64.7 Å². The summed E-state index contributed by atoms with van der Waals surface area (Å²) in [6.07, 6.45) is 0. The summed E-state index contributed by atoms with van der Waals surface area (Å²) in [5.74, 6) is -0.597. The molecule has 0 radical (unpaired) electrons. The minimum absolute atomic E-state index is 0. The second-order valence-corrected chi connectivity index (χ2v) is 8.64. The van der Waals surface area contributed by atoms with Crippen molar-refractivity contribution in [3.05, 3.63) is 58.4 Å². The summed E-state index contributed by atoms with van der Waals surface area (Å²) in [7, 11) is -3.77. The molecule has 0 aromatic heterocycles. The lowest BCUT2D eigenvalue weighted by Crippen LogP contribution is -2.47. The molecule has 28 heavy (non-hydrogen) atoms. The number of hydrogen-bond acceptors (Lipinski definition) is 4. The average Bonchev–Trinajstić information content (AvgIpc) is 2.67. The van der Waals surface area contributed by atoms with Crippen LogP contribution in [0.5, 0.6) is 0 Å². The van der Waals surface area contributed by atoms with Gasteiger partial charge in [0, 0.05) is 49.5 Å². The normalized spacial score (nSPS) is 18.4. The molecule has 0 atom stereocenters. The molecule has 2 aromatic carbocycles. The van der Waals surface area contributed by atoms with Crippen molar-refractivity contribution in [2.75, 3.05) is 35.4 Å². The third-order valence-electron chi connectivity index (χ3n) is 4.92. The van der Waals surface area contributed by atoms with E-state index >= 15 is 0 Å². The van der Waals surface area contributed by atoms with Crippen LogP contribution < -0.4 is 19.2 Å². The molecule has 1 saturated heterocycles. The van der Waals surface area contributed by atoms with Crippen LogP contribution in [0.3, 0.4) is 0 Å². The summed E-state index contributed by atoms with van der Waals surface area (Å²) in [5, 5.41) is 3.29. The maximum atomic E-state index is 14.4. The van der Waals surface area contributed by atoms with Gasteiger partial charge in [0.2, 0.25) is 0 Å². The molecule has 10 heteroatoms. The Balaban J connectivity index is 0.00000225. The van der Waals surface area contributed by atoms with E-state index in [4.69, 9.17) is 11.6 Å². The van der Waals surface area contributed by atoms with E-state index in [0.29, 0.717) is 5.69 Å². The number of fused-ring (bicyclic) bond motifs is 1. The van der Waals surface area contributed by atoms with Gasteiger partial charge in [-0.15, -0.1) is 12.4 Å². The van der Waals surface area contributed by atoms with E-state index in [1.54, 1.807) is 18.2 Å². The lowest BCUT2D eigenvalue weighted by Gasteiger charge is -2.36. The van der Waals surface area contributed by atoms with E-state index in [0.717, 1.165) is 37.4 Å². The van der Waals surface area contributed by atoms with Crippen LogP contribution in [0.2, 0.25) is 5.02 Å². The number of anilines is 2. The van der Waals surface area contributed by atoms with E-state index < -0.39 is 16.0 Å². The zero-order valence-electron chi connectivity index (χ0n) is 15.0. The third-order valence-corrected chi connectivity index (χ3v) is 6.63. The molecule has 4 rings (SSSR count). The largest absolute Gasteiger partial charge is 0.369 e. The van der Waals surface area contributed by atoms with E-state index in [2.05, 4.69) is 14.9 Å². The first-order valence-corrected chi connectivity index (χ1v) is 10.6. The molecule has 1 fully saturated rings. The first-order valence-electron chi connectivity index (χ1n) is 8.75. The number of halogens is 3. The van der Waals surface area contributed by atoms with E-state index in [-0.39, 0.29) is 36.1 Å². The number of nitrogens with one attached hydrogen (secondary N) is 2. The molecule has 0 bridgehead atoms. The summed E-state index contributed by atoms with van der Waals surface area (Å²) in [4.78, 5) is 2.24. The summed E-state index contributed by atoms with van der Waals surface area (Å²) >= 11 is 5.86. The van der Waals surface area contributed by atoms with Gasteiger partial charge >= 0.3 is 10.2 Å². The second kappa shape index (κ2) is 8.42. The fourth-order valence-electron chi connectivity index (χ4n) is 3.55. The zero-order chi connectivity index (χ0) is 19.0. The molecule has 2 aromatic rings. The predicted octanol–water partition coefficient (Wildman–Crippen LogP) is 2.67. The SMILES string of the molecule is Cl.O=S1(=O)NCc2c(N3CCNCC3)cccc2N1Cc1cccc(Cl)c1F. The van der Waals surface area contributed by atoms with Gasteiger partial charge in [-0.1, -0.05) is 29.8 Å². The van der Waals surface area contributed by atoms with Crippen molar-refractivity contribution < 1.29 is 12.8 Å². The van der Waals surface area contributed by atoms with Crippen LogP contribution in [-0.2, 0) is 23.3 Å². The molecule has 2 aliphatic rings. The highest BCUT2D eigenvalue weighted by Crippen LogP contribution is 2.36. The van der Waals surface area contributed by atoms with Gasteiger partial charge in [0.15, 0.2) is 0 Å². The average molecular weight is 447 g/mol. The molecule has 152 valence electrons. The van der Waals surface area contributed by atoms with Gasteiger partial charge in [-0.3, -0.25) is 4.31 Å². The summed E-state index contributed by atoms with van der Waals surface area (Å²) in [6, 6.07) is 10.2. The molecule has 0 saturated carbocycles. The summed E-state index contributed by atoms with van der Waals surface area (Å²) < 4.78 is 43.5. The Morgan fingerprint density at radius 3 is 2.50 bits per heavy atom. The third kappa shape index (κ3) is 3.92. The summed E-state index contributed by atoms with van der Waals surface area (Å²) in [6.45, 7) is 3.56. The van der Waals surface area contributed by atoms with Crippen LogP contribution in [-0.4, -0.2) is 34.6 Å². The minimum Gasteiger partial charge on any atom is -0.369 e. The molecule has 2 heterocycles. The van der Waals surface area contributed by atoms with Gasteiger partial charge in [0.05, 0.1) is 17.3 Å². The van der Waals surface area contributed by atoms with Crippen molar-refractivity contribution in [2.45, 2.75) is 13.1 Å². The molecule has 0 spiro atoms. The number of rotatable bonds is 3. The number of piperazine rings is 1. The standard InChI is InChI=1S/C18H20ClFN4O2S.ClH/c19-15-4-1-3-13(18(15)20)12-24-17-6-2-5-16(23-9-7-21-8-10-23)14(17)11-22-27(24,25)26;/h1-6,21-22H,7-12H2;1H. The second-order valence-electron chi connectivity index (χ2n) is 6.56. The van der Waals surface area contributed by atoms with Crippen molar-refractivity contribution in [1.29, 1.82) is 0 Å². The van der Waals surface area contributed by atoms with Crippen LogP contribution in [0.1, 0.15) is 11.1 Å². The molecule has 0 unspecified atom stereocenters. The Kier molecular flexibility index (Phi) is 6.36.